The lowest BCUT2D eigenvalue weighted by atomic mass is 9.59. The first-order valence-electron chi connectivity index (χ1n) is 26.2. The third kappa shape index (κ3) is 11.3. The minimum absolute atomic E-state index is 0.0358. The van der Waals surface area contributed by atoms with Crippen LogP contribution < -0.4 is 24.4 Å². The van der Waals surface area contributed by atoms with Crippen LogP contribution in [0.4, 0.5) is 17.1 Å². The first-order valence-corrected chi connectivity index (χ1v) is 28.0. The zero-order chi connectivity index (χ0) is 52.6. The van der Waals surface area contributed by atoms with E-state index in [-0.39, 0.29) is 34.4 Å². The Bertz CT molecular complexity index is 3180. The number of carbonyl (C=O) groups is 1. The highest BCUT2D eigenvalue weighted by atomic mass is 35.5. The summed E-state index contributed by atoms with van der Waals surface area (Å²) in [6.45, 7) is 11.9. The second-order valence-corrected chi connectivity index (χ2v) is 23.9. The highest BCUT2D eigenvalue weighted by Crippen LogP contribution is 2.53. The maximum absolute atomic E-state index is 14.1. The van der Waals surface area contributed by atoms with E-state index in [0.29, 0.717) is 53.5 Å². The minimum Gasteiger partial charge on any atom is -0.495 e. The Hall–Kier alpha value is -6.24. The standard InChI is InChI=1S/C57H67ClN8O8S/c1-37(2)45-9-5-6-10-46(45)50-36-63(35-40-8-7-11-51(73-4)53(40)58)26-27-65(50)42-31-57(32-42)21-24-64(25-22-57)41-12-14-47(52(29-41)74-43-28-39-18-23-59-54(39)61-34-43)55(67)62-75(71,72)44-13-15-48(49(30-44)66(69)70)60-33-38-16-19-56(3,68)20-17-38/h5-15,18,23,28-30,34,37-38,42,50,60,68H,16-17,19-22,24-27,31-33,35-36H2,1-4H3,(H,59,61)(H,62,67). The molecule has 4 aromatic carbocycles. The average molecular weight is 1060 g/mol. The van der Waals surface area contributed by atoms with Crippen molar-refractivity contribution in [1.82, 2.24) is 24.5 Å². The molecular weight excluding hydrogens is 992 g/mol. The number of hydrogen-bond donors (Lipinski definition) is 4. The number of pyridine rings is 1. The summed E-state index contributed by atoms with van der Waals surface area (Å²) < 4.78 is 41.8. The number of ether oxygens (including phenoxy) is 2. The van der Waals surface area contributed by atoms with Crippen LogP contribution in [0.3, 0.4) is 0 Å². The highest BCUT2D eigenvalue weighted by molar-refractivity contribution is 7.90. The number of aromatic nitrogens is 2. The molecule has 10 rings (SSSR count). The number of nitrogens with zero attached hydrogens (tertiary/aromatic N) is 5. The van der Waals surface area contributed by atoms with E-state index in [2.05, 4.69) is 78.9 Å². The summed E-state index contributed by atoms with van der Waals surface area (Å²) in [5.74, 6) is 0.811. The SMILES string of the molecule is COc1cccc(CN2CCN(C3CC4(CCN(c5ccc(C(=O)NS(=O)(=O)c6ccc(NCC7CCC(C)(O)CC7)c([N+](=O)[O-])c6)c(Oc6cnc7[nH]ccc7c6)c5)CC4)C3)C(c3ccccc3C(C)C)C2)c1Cl. The number of rotatable bonds is 16. The van der Waals surface area contributed by atoms with Gasteiger partial charge in [-0.25, -0.2) is 18.1 Å². The van der Waals surface area contributed by atoms with Crippen LogP contribution in [0.25, 0.3) is 11.0 Å². The van der Waals surface area contributed by atoms with Crippen LogP contribution in [-0.2, 0) is 16.6 Å². The van der Waals surface area contributed by atoms with Crippen molar-refractivity contribution in [3.8, 4) is 17.2 Å². The minimum atomic E-state index is -4.59. The van der Waals surface area contributed by atoms with Gasteiger partial charge in [-0.1, -0.05) is 61.8 Å². The van der Waals surface area contributed by atoms with Crippen LogP contribution in [0.2, 0.25) is 5.02 Å². The van der Waals surface area contributed by atoms with Crippen LogP contribution >= 0.6 is 11.6 Å². The van der Waals surface area contributed by atoms with E-state index in [9.17, 15) is 28.4 Å². The van der Waals surface area contributed by atoms with Gasteiger partial charge in [0, 0.05) is 87.3 Å². The molecular formula is C57H67ClN8O8S. The highest BCUT2D eigenvalue weighted by Gasteiger charge is 2.50. The zero-order valence-corrected chi connectivity index (χ0v) is 44.6. The first-order chi connectivity index (χ1) is 36.0. The summed E-state index contributed by atoms with van der Waals surface area (Å²) in [5.41, 5.74) is 4.54. The normalized spacial score (nSPS) is 21.5. The maximum Gasteiger partial charge on any atom is 0.293 e. The number of sulfonamides is 1. The van der Waals surface area contributed by atoms with Crippen molar-refractivity contribution < 1.29 is 32.7 Å². The van der Waals surface area contributed by atoms with E-state index >= 15 is 0 Å². The average Bonchev–Trinajstić information content (AvgIpc) is 3.86. The molecule has 16 nitrogen and oxygen atoms in total. The molecule has 1 amide bonds. The molecule has 4 fully saturated rings. The molecule has 0 bridgehead atoms. The summed E-state index contributed by atoms with van der Waals surface area (Å²) in [6, 6.07) is 28.0. The van der Waals surface area contributed by atoms with Gasteiger partial charge in [-0.3, -0.25) is 24.7 Å². The lowest BCUT2D eigenvalue weighted by molar-refractivity contribution is -0.384. The van der Waals surface area contributed by atoms with Crippen molar-refractivity contribution in [2.75, 3.05) is 56.6 Å². The Kier molecular flexibility index (Phi) is 14.9. The molecule has 1 atom stereocenters. The van der Waals surface area contributed by atoms with E-state index in [0.717, 1.165) is 100 Å². The molecule has 4 aliphatic rings. The number of nitro groups is 1. The van der Waals surface area contributed by atoms with Crippen LogP contribution in [0, 0.1) is 21.4 Å². The van der Waals surface area contributed by atoms with Crippen molar-refractivity contribution in [2.24, 2.45) is 11.3 Å². The molecule has 1 unspecified atom stereocenters. The molecule has 4 heterocycles. The van der Waals surface area contributed by atoms with Gasteiger partial charge in [-0.2, -0.15) is 0 Å². The smallest absolute Gasteiger partial charge is 0.293 e. The molecule has 396 valence electrons. The third-order valence-corrected chi connectivity index (χ3v) is 18.2. The van der Waals surface area contributed by atoms with E-state index < -0.39 is 37.0 Å². The fourth-order valence-corrected chi connectivity index (χ4v) is 13.3. The Labute approximate surface area is 444 Å². The molecule has 4 N–H and O–H groups in total. The van der Waals surface area contributed by atoms with Crippen molar-refractivity contribution in [1.29, 1.82) is 0 Å². The summed E-state index contributed by atoms with van der Waals surface area (Å²) >= 11 is 6.81. The largest absolute Gasteiger partial charge is 0.495 e. The Morgan fingerprint density at radius 2 is 1.73 bits per heavy atom. The number of benzene rings is 4. The lowest BCUT2D eigenvalue weighted by Gasteiger charge is -2.58. The molecule has 2 saturated heterocycles. The predicted molar refractivity (Wildman–Crippen MR) is 292 cm³/mol. The number of H-pyrrole nitrogens is 1. The molecule has 0 radical (unpaired) electrons. The molecule has 2 aliphatic carbocycles. The van der Waals surface area contributed by atoms with E-state index in [4.69, 9.17) is 21.1 Å². The van der Waals surface area contributed by atoms with Crippen molar-refractivity contribution in [2.45, 2.75) is 107 Å². The lowest BCUT2D eigenvalue weighted by Crippen LogP contribution is -2.60. The van der Waals surface area contributed by atoms with Crippen LogP contribution in [0.1, 0.15) is 111 Å². The molecule has 2 aliphatic heterocycles. The van der Waals surface area contributed by atoms with Gasteiger partial charge in [-0.15, -0.1) is 0 Å². The van der Waals surface area contributed by atoms with Gasteiger partial charge < -0.3 is 29.8 Å². The number of carbonyl (C=O) groups excluding carboxylic acids is 1. The van der Waals surface area contributed by atoms with Gasteiger partial charge >= 0.3 is 0 Å². The van der Waals surface area contributed by atoms with Crippen molar-refractivity contribution >= 4 is 55.6 Å². The number of fused-ring (bicyclic) bond motifs is 1. The fraction of sp³-hybridized carbons (Fsp3) is 0.439. The van der Waals surface area contributed by atoms with Gasteiger partial charge in [-0.05, 0) is 135 Å². The van der Waals surface area contributed by atoms with Crippen molar-refractivity contribution in [3.63, 3.8) is 0 Å². The molecule has 6 aromatic rings. The number of aromatic amines is 1. The number of nitrogens with one attached hydrogen (secondary N) is 3. The number of piperazine rings is 1. The quantitative estimate of drug-likeness (QED) is 0.0529. The molecule has 1 spiro atoms. The number of piperidine rings is 1. The summed E-state index contributed by atoms with van der Waals surface area (Å²) in [4.78, 5) is 40.4. The van der Waals surface area contributed by atoms with E-state index in [1.54, 1.807) is 31.5 Å². The number of amides is 1. The van der Waals surface area contributed by atoms with E-state index in [1.807, 2.05) is 31.2 Å². The number of hydrogen-bond acceptors (Lipinski definition) is 13. The van der Waals surface area contributed by atoms with E-state index in [1.165, 1.54) is 29.5 Å². The third-order valence-electron chi connectivity index (χ3n) is 16.4. The number of nitro benzene ring substituents is 1. The van der Waals surface area contributed by atoms with Gasteiger partial charge in [0.05, 0.1) is 39.3 Å². The van der Waals surface area contributed by atoms with Gasteiger partial charge in [0.2, 0.25) is 0 Å². The summed E-state index contributed by atoms with van der Waals surface area (Å²) in [7, 11) is -2.94. The topological polar surface area (TPSA) is 195 Å². The molecule has 18 heteroatoms. The Balaban J connectivity index is 0.834. The second-order valence-electron chi connectivity index (χ2n) is 21.8. The van der Waals surface area contributed by atoms with Crippen LogP contribution in [0.5, 0.6) is 17.2 Å². The Morgan fingerprint density at radius 1 is 0.960 bits per heavy atom. The fourth-order valence-electron chi connectivity index (χ4n) is 12.0. The maximum atomic E-state index is 14.1. The van der Waals surface area contributed by atoms with Gasteiger partial charge in [0.15, 0.2) is 0 Å². The van der Waals surface area contributed by atoms with Gasteiger partial charge in [0.1, 0.15) is 28.6 Å². The second kappa shape index (κ2) is 21.4. The zero-order valence-electron chi connectivity index (χ0n) is 43.1. The van der Waals surface area contributed by atoms with Crippen molar-refractivity contribution in [3.05, 3.63) is 141 Å². The number of halogens is 1. The monoisotopic (exact) mass is 1060 g/mol. The van der Waals surface area contributed by atoms with Gasteiger partial charge in [0.25, 0.3) is 21.6 Å². The summed E-state index contributed by atoms with van der Waals surface area (Å²) in [6.07, 6.45) is 10.3. The number of aliphatic hydroxyl groups is 1. The molecule has 2 aromatic heterocycles. The number of anilines is 2. The van der Waals surface area contributed by atoms with Crippen LogP contribution in [0.15, 0.2) is 108 Å². The molecule has 75 heavy (non-hydrogen) atoms. The summed E-state index contributed by atoms with van der Waals surface area (Å²) in [5, 5.41) is 27.2. The number of methoxy groups -OCH3 is 1. The first kappa shape index (κ1) is 52.2. The molecule has 2 saturated carbocycles. The van der Waals surface area contributed by atoms with Crippen LogP contribution in [-0.4, -0.2) is 102 Å². The Morgan fingerprint density at radius 3 is 2.48 bits per heavy atom. The predicted octanol–water partition coefficient (Wildman–Crippen LogP) is 10.8.